The molecular formula is C16H22N2O4. The Morgan fingerprint density at radius 1 is 1.36 bits per heavy atom. The van der Waals surface area contributed by atoms with E-state index in [0.29, 0.717) is 38.2 Å². The summed E-state index contributed by atoms with van der Waals surface area (Å²) in [5, 5.41) is 22.0. The summed E-state index contributed by atoms with van der Waals surface area (Å²) in [6.45, 7) is 3.27. The van der Waals surface area contributed by atoms with E-state index in [1.165, 1.54) is 6.92 Å². The second-order valence-corrected chi connectivity index (χ2v) is 5.74. The van der Waals surface area contributed by atoms with Crippen LogP contribution in [0.1, 0.15) is 31.4 Å². The number of carbonyl (C=O) groups is 2. The molecule has 1 atom stereocenters. The number of nitrogens with one attached hydrogen (secondary N) is 1. The highest BCUT2D eigenvalue weighted by molar-refractivity contribution is 5.88. The molecule has 3 N–H and O–H groups in total. The molecule has 1 amide bonds. The molecule has 0 radical (unpaired) electrons. The third-order valence-electron chi connectivity index (χ3n) is 3.96. The molecule has 1 unspecified atom stereocenters. The van der Waals surface area contributed by atoms with Gasteiger partial charge in [-0.15, -0.1) is 0 Å². The van der Waals surface area contributed by atoms with Crippen molar-refractivity contribution in [3.63, 3.8) is 0 Å². The number of aliphatic carboxylic acids is 1. The van der Waals surface area contributed by atoms with Crippen LogP contribution in [0.3, 0.4) is 0 Å². The fourth-order valence-electron chi connectivity index (χ4n) is 2.74. The van der Waals surface area contributed by atoms with E-state index < -0.39 is 12.1 Å². The minimum atomic E-state index is -0.733. The normalized spacial score (nSPS) is 17.9. The van der Waals surface area contributed by atoms with Crippen LogP contribution in [0.2, 0.25) is 0 Å². The van der Waals surface area contributed by atoms with Gasteiger partial charge in [0.05, 0.1) is 12.0 Å². The van der Waals surface area contributed by atoms with Crippen molar-refractivity contribution in [3.8, 4) is 0 Å². The van der Waals surface area contributed by atoms with E-state index in [0.717, 1.165) is 5.56 Å². The lowest BCUT2D eigenvalue weighted by molar-refractivity contribution is -0.143. The molecule has 0 aromatic heterocycles. The summed E-state index contributed by atoms with van der Waals surface area (Å²) < 4.78 is 0. The van der Waals surface area contributed by atoms with Crippen LogP contribution in [0.4, 0.5) is 5.69 Å². The molecule has 0 spiro atoms. The van der Waals surface area contributed by atoms with Crippen molar-refractivity contribution < 1.29 is 19.8 Å². The molecule has 2 rings (SSSR count). The van der Waals surface area contributed by atoms with E-state index in [-0.39, 0.29) is 11.8 Å². The van der Waals surface area contributed by atoms with Crippen molar-refractivity contribution in [2.45, 2.75) is 25.9 Å². The van der Waals surface area contributed by atoms with E-state index in [1.54, 1.807) is 18.2 Å². The molecule has 0 aliphatic carbocycles. The Labute approximate surface area is 129 Å². The van der Waals surface area contributed by atoms with Gasteiger partial charge in [-0.05, 0) is 43.6 Å². The van der Waals surface area contributed by atoms with Gasteiger partial charge in [-0.25, -0.2) is 0 Å². The quantitative estimate of drug-likeness (QED) is 0.766. The maximum atomic E-state index is 11.1. The number of hydrogen-bond acceptors (Lipinski definition) is 4. The maximum absolute atomic E-state index is 11.1. The number of carbonyl (C=O) groups excluding carboxylic acids is 1. The topological polar surface area (TPSA) is 89.9 Å². The number of carboxylic acids is 1. The van der Waals surface area contributed by atoms with Crippen LogP contribution in [0.5, 0.6) is 0 Å². The summed E-state index contributed by atoms with van der Waals surface area (Å²) in [5.41, 5.74) is 1.40. The Kier molecular flexibility index (Phi) is 5.51. The lowest BCUT2D eigenvalue weighted by Crippen LogP contribution is -2.38. The zero-order valence-corrected chi connectivity index (χ0v) is 12.7. The molecule has 1 fully saturated rings. The van der Waals surface area contributed by atoms with Gasteiger partial charge in [0, 0.05) is 19.2 Å². The standard InChI is InChI=1S/C16H22N2O4/c1-11(19)17-14-4-2-3-13(9-14)15(20)10-18-7-5-12(6-8-18)16(21)22/h2-4,9,12,15,20H,5-8,10H2,1H3,(H,17,19)(H,21,22). The summed E-state index contributed by atoms with van der Waals surface area (Å²) in [7, 11) is 0. The Morgan fingerprint density at radius 2 is 2.05 bits per heavy atom. The lowest BCUT2D eigenvalue weighted by Gasteiger charge is -2.31. The largest absolute Gasteiger partial charge is 0.481 e. The summed E-state index contributed by atoms with van der Waals surface area (Å²) in [6.07, 6.45) is 0.581. The van der Waals surface area contributed by atoms with Gasteiger partial charge in [0.25, 0.3) is 0 Å². The van der Waals surface area contributed by atoms with E-state index in [2.05, 4.69) is 10.2 Å². The van der Waals surface area contributed by atoms with Crippen LogP contribution in [-0.4, -0.2) is 46.6 Å². The molecule has 1 aliphatic rings. The molecule has 1 heterocycles. The van der Waals surface area contributed by atoms with E-state index in [1.807, 2.05) is 6.07 Å². The van der Waals surface area contributed by atoms with Crippen LogP contribution in [0.15, 0.2) is 24.3 Å². The average Bonchev–Trinajstić information content (AvgIpc) is 2.47. The fraction of sp³-hybridized carbons (Fsp3) is 0.500. The molecule has 0 bridgehead atoms. The predicted octanol–water partition coefficient (Wildman–Crippen LogP) is 1.47. The van der Waals surface area contributed by atoms with Crippen molar-refractivity contribution in [2.75, 3.05) is 25.0 Å². The first kappa shape index (κ1) is 16.5. The Morgan fingerprint density at radius 3 is 2.64 bits per heavy atom. The number of aliphatic hydroxyl groups excluding tert-OH is 1. The van der Waals surface area contributed by atoms with Gasteiger partial charge in [-0.1, -0.05) is 12.1 Å². The second-order valence-electron chi connectivity index (χ2n) is 5.74. The number of likely N-dealkylation sites (tertiary alicyclic amines) is 1. The smallest absolute Gasteiger partial charge is 0.306 e. The van der Waals surface area contributed by atoms with Crippen LogP contribution in [0.25, 0.3) is 0 Å². The molecule has 6 heteroatoms. The van der Waals surface area contributed by atoms with Gasteiger partial charge in [0.15, 0.2) is 0 Å². The molecule has 1 saturated heterocycles. The van der Waals surface area contributed by atoms with Gasteiger partial charge in [0.2, 0.25) is 5.91 Å². The second kappa shape index (κ2) is 7.38. The molecule has 1 aromatic carbocycles. The Bertz CT molecular complexity index is 539. The van der Waals surface area contributed by atoms with Crippen molar-refractivity contribution in [2.24, 2.45) is 5.92 Å². The third kappa shape index (κ3) is 4.54. The minimum Gasteiger partial charge on any atom is -0.481 e. The van der Waals surface area contributed by atoms with Crippen LogP contribution in [0, 0.1) is 5.92 Å². The van der Waals surface area contributed by atoms with Gasteiger partial charge < -0.3 is 20.4 Å². The number of amides is 1. The summed E-state index contributed by atoms with van der Waals surface area (Å²) in [4.78, 5) is 24.1. The number of hydrogen-bond donors (Lipinski definition) is 3. The molecule has 22 heavy (non-hydrogen) atoms. The first-order valence-electron chi connectivity index (χ1n) is 7.46. The number of benzene rings is 1. The zero-order chi connectivity index (χ0) is 16.1. The molecule has 0 saturated carbocycles. The van der Waals surface area contributed by atoms with Crippen molar-refractivity contribution in [1.29, 1.82) is 0 Å². The first-order valence-corrected chi connectivity index (χ1v) is 7.46. The van der Waals surface area contributed by atoms with E-state index >= 15 is 0 Å². The van der Waals surface area contributed by atoms with Crippen LogP contribution >= 0.6 is 0 Å². The van der Waals surface area contributed by atoms with E-state index in [4.69, 9.17) is 5.11 Å². The number of carboxylic acid groups (broad SMARTS) is 1. The van der Waals surface area contributed by atoms with Crippen molar-refractivity contribution in [1.82, 2.24) is 4.90 Å². The highest BCUT2D eigenvalue weighted by atomic mass is 16.4. The number of piperidine rings is 1. The highest BCUT2D eigenvalue weighted by Gasteiger charge is 2.25. The molecule has 1 aromatic rings. The van der Waals surface area contributed by atoms with Crippen LogP contribution < -0.4 is 5.32 Å². The molecule has 1 aliphatic heterocycles. The highest BCUT2D eigenvalue weighted by Crippen LogP contribution is 2.22. The minimum absolute atomic E-state index is 0.151. The number of anilines is 1. The number of β-amino-alcohol motifs (C(OH)–C–C–N with tert-alkyl or cyclic N) is 1. The number of rotatable bonds is 5. The first-order chi connectivity index (χ1) is 10.5. The average molecular weight is 306 g/mol. The third-order valence-corrected chi connectivity index (χ3v) is 3.96. The summed E-state index contributed by atoms with van der Waals surface area (Å²) >= 11 is 0. The predicted molar refractivity (Wildman–Crippen MR) is 82.5 cm³/mol. The summed E-state index contributed by atoms with van der Waals surface area (Å²) in [6, 6.07) is 7.15. The number of nitrogens with zero attached hydrogens (tertiary/aromatic N) is 1. The van der Waals surface area contributed by atoms with Crippen molar-refractivity contribution >= 4 is 17.6 Å². The Hall–Kier alpha value is -1.92. The Balaban J connectivity index is 1.91. The van der Waals surface area contributed by atoms with Gasteiger partial charge >= 0.3 is 5.97 Å². The lowest BCUT2D eigenvalue weighted by atomic mass is 9.96. The SMILES string of the molecule is CC(=O)Nc1cccc(C(O)CN2CCC(C(=O)O)CC2)c1. The van der Waals surface area contributed by atoms with Crippen LogP contribution in [-0.2, 0) is 9.59 Å². The molecule has 6 nitrogen and oxygen atoms in total. The van der Waals surface area contributed by atoms with Gasteiger partial charge in [-0.3, -0.25) is 9.59 Å². The maximum Gasteiger partial charge on any atom is 0.306 e. The fourth-order valence-corrected chi connectivity index (χ4v) is 2.74. The monoisotopic (exact) mass is 306 g/mol. The molecular weight excluding hydrogens is 284 g/mol. The van der Waals surface area contributed by atoms with Crippen molar-refractivity contribution in [3.05, 3.63) is 29.8 Å². The number of aliphatic hydroxyl groups is 1. The van der Waals surface area contributed by atoms with Gasteiger partial charge in [-0.2, -0.15) is 0 Å². The van der Waals surface area contributed by atoms with E-state index in [9.17, 15) is 14.7 Å². The molecule has 120 valence electrons. The van der Waals surface area contributed by atoms with Gasteiger partial charge in [0.1, 0.15) is 0 Å². The zero-order valence-electron chi connectivity index (χ0n) is 12.7. The summed E-state index contributed by atoms with van der Waals surface area (Å²) in [5.74, 6) is -1.15.